The molecule has 0 saturated heterocycles. The van der Waals surface area contributed by atoms with Gasteiger partial charge in [-0.15, -0.1) is 0 Å². The van der Waals surface area contributed by atoms with E-state index in [-0.39, 0.29) is 0 Å². The Labute approximate surface area is 64.7 Å². The van der Waals surface area contributed by atoms with Crippen LogP contribution in [0.2, 0.25) is 0 Å². The third kappa shape index (κ3) is 1.07. The molecule has 0 N–H and O–H groups in total. The molecular weight excluding hydrogens is 138 g/mol. The second-order valence-electron chi connectivity index (χ2n) is 2.43. The quantitative estimate of drug-likeness (QED) is 0.511. The van der Waals surface area contributed by atoms with Gasteiger partial charge in [0, 0.05) is 21.3 Å². The van der Waals surface area contributed by atoms with E-state index in [0.717, 1.165) is 15.9 Å². The van der Waals surface area contributed by atoms with Crippen molar-refractivity contribution in [2.24, 2.45) is 0 Å². The molecule has 1 heterocycles. The monoisotopic (exact) mass is 145 g/mol. The average molecular weight is 145 g/mol. The number of benzene rings is 1. The van der Waals surface area contributed by atoms with Gasteiger partial charge in [-0.2, -0.15) is 0 Å². The Hall–Kier alpha value is -1.44. The van der Waals surface area contributed by atoms with Crippen molar-refractivity contribution in [3.05, 3.63) is 53.0 Å². The van der Waals surface area contributed by atoms with Crippen LogP contribution in [0.5, 0.6) is 0 Å². The zero-order valence-electron chi connectivity index (χ0n) is 5.90. The fourth-order valence-corrected chi connectivity index (χ4v) is 1.11. The number of rotatable bonds is 0. The summed E-state index contributed by atoms with van der Waals surface area (Å²) in [5.41, 5.74) is 2.07. The minimum absolute atomic E-state index is 0.808. The van der Waals surface area contributed by atoms with E-state index in [1.807, 2.05) is 30.3 Å². The van der Waals surface area contributed by atoms with E-state index in [2.05, 4.69) is 0 Å². The molecule has 1 aliphatic rings. The molecule has 0 atom stereocenters. The second-order valence-corrected chi connectivity index (χ2v) is 2.43. The van der Waals surface area contributed by atoms with Crippen molar-refractivity contribution in [1.82, 2.24) is 0 Å². The van der Waals surface area contributed by atoms with Gasteiger partial charge in [0.15, 0.2) is 0 Å². The topological polar surface area (TPSA) is 20.1 Å². The lowest BCUT2D eigenvalue weighted by atomic mass is 10.1. The summed E-state index contributed by atoms with van der Waals surface area (Å²) in [5.74, 6) is 0. The maximum atomic E-state index is 10.8. The Kier molecular flexibility index (Phi) is 1.32. The van der Waals surface area contributed by atoms with Crippen molar-refractivity contribution in [2.75, 3.05) is 0 Å². The summed E-state index contributed by atoms with van der Waals surface area (Å²) < 4.78 is 0.808. The molecule has 1 aromatic carbocycles. The van der Waals surface area contributed by atoms with Gasteiger partial charge in [0.05, 0.1) is 0 Å². The summed E-state index contributed by atoms with van der Waals surface area (Å²) in [4.78, 5) is 10.8. The summed E-state index contributed by atoms with van der Waals surface area (Å²) in [6, 6.07) is 7.78. The lowest BCUT2D eigenvalue weighted by molar-refractivity contribution is -0.428. The molecule has 0 unspecified atom stereocenters. The molecule has 0 spiro atoms. The Balaban J connectivity index is 2.54. The fourth-order valence-electron chi connectivity index (χ4n) is 1.11. The molecule has 1 aromatic rings. The third-order valence-electron chi connectivity index (χ3n) is 1.66. The van der Waals surface area contributed by atoms with Gasteiger partial charge in [-0.3, -0.25) is 0 Å². The maximum Gasteiger partial charge on any atom is 0.302 e. The molecule has 0 bridgehead atoms. The van der Waals surface area contributed by atoms with Gasteiger partial charge in [-0.25, -0.2) is 0 Å². The first-order chi connectivity index (χ1) is 5.36. The molecule has 0 amide bonds. The van der Waals surface area contributed by atoms with Crippen LogP contribution in [0.3, 0.4) is 0 Å². The van der Waals surface area contributed by atoms with E-state index >= 15 is 0 Å². The molecule has 1 aliphatic heterocycles. The van der Waals surface area contributed by atoms with E-state index < -0.39 is 0 Å². The summed E-state index contributed by atoms with van der Waals surface area (Å²) in [6.07, 6.45) is 3.31. The predicted molar refractivity (Wildman–Crippen MR) is 42.5 cm³/mol. The Bertz CT molecular complexity index is 328. The first-order valence-electron chi connectivity index (χ1n) is 3.44. The Morgan fingerprint density at radius 2 is 1.82 bits per heavy atom. The number of hydrogen-bond acceptors (Lipinski definition) is 1. The fraction of sp³-hybridized carbons (Fsp3) is 0. The van der Waals surface area contributed by atoms with Crippen molar-refractivity contribution in [1.29, 1.82) is 0 Å². The van der Waals surface area contributed by atoms with Gasteiger partial charge in [-0.05, 0) is 5.56 Å². The van der Waals surface area contributed by atoms with E-state index in [1.54, 1.807) is 6.54 Å². The number of nitrogens with zero attached hydrogens (tertiary/aromatic N) is 1. The predicted octanol–water partition coefficient (Wildman–Crippen LogP) is 1.96. The van der Waals surface area contributed by atoms with Gasteiger partial charge in [0.1, 0.15) is 0 Å². The van der Waals surface area contributed by atoms with E-state index in [4.69, 9.17) is 0 Å². The summed E-state index contributed by atoms with van der Waals surface area (Å²) in [6.45, 7) is 1.56. The van der Waals surface area contributed by atoms with Crippen LogP contribution in [0.15, 0.2) is 30.5 Å². The Morgan fingerprint density at radius 1 is 1.09 bits per heavy atom. The molecule has 53 valence electrons. The molecule has 1 radical (unpaired) electrons. The van der Waals surface area contributed by atoms with Crippen molar-refractivity contribution < 1.29 is 4.76 Å². The molecule has 2 rings (SSSR count). The van der Waals surface area contributed by atoms with E-state index in [1.165, 1.54) is 6.20 Å². The van der Waals surface area contributed by atoms with Gasteiger partial charge in [0.25, 0.3) is 0 Å². The summed E-state index contributed by atoms with van der Waals surface area (Å²) in [7, 11) is 0. The highest BCUT2D eigenvalue weighted by molar-refractivity contribution is 5.55. The zero-order valence-corrected chi connectivity index (χ0v) is 5.90. The van der Waals surface area contributed by atoms with E-state index in [9.17, 15) is 4.91 Å². The van der Waals surface area contributed by atoms with Crippen LogP contribution in [0.1, 0.15) is 11.1 Å². The average Bonchev–Trinajstić information content (AvgIpc) is 2.04. The van der Waals surface area contributed by atoms with Crippen LogP contribution < -0.4 is 0 Å². The summed E-state index contributed by atoms with van der Waals surface area (Å²) in [5, 5.41) is 0. The standard InChI is InChI=1S/C9H7NO/c11-10-6-5-8-3-1-2-4-9(8)7-10/h1-7H/q+1. The number of nitroso groups, excluding NO2 is 1. The zero-order chi connectivity index (χ0) is 7.68. The molecule has 11 heavy (non-hydrogen) atoms. The van der Waals surface area contributed by atoms with Gasteiger partial charge in [-0.1, -0.05) is 24.3 Å². The highest BCUT2D eigenvalue weighted by Gasteiger charge is 2.15. The molecule has 0 aliphatic carbocycles. The highest BCUT2D eigenvalue weighted by Crippen LogP contribution is 2.17. The van der Waals surface area contributed by atoms with Crippen molar-refractivity contribution in [3.8, 4) is 0 Å². The number of hydrogen-bond donors (Lipinski definition) is 0. The minimum Gasteiger partial charge on any atom is -0.0617 e. The van der Waals surface area contributed by atoms with Gasteiger partial charge < -0.3 is 0 Å². The maximum absolute atomic E-state index is 10.8. The normalized spacial score (nSPS) is 14.7. The van der Waals surface area contributed by atoms with Crippen LogP contribution in [0, 0.1) is 11.5 Å². The van der Waals surface area contributed by atoms with Crippen molar-refractivity contribution in [2.45, 2.75) is 0 Å². The SMILES string of the molecule is O=[N+]1[CH]c2ccccc2C=C1. The molecular formula is C9H7NO+. The largest absolute Gasteiger partial charge is 0.302 e. The molecule has 2 nitrogen and oxygen atoms in total. The lowest BCUT2D eigenvalue weighted by Gasteiger charge is -2.00. The van der Waals surface area contributed by atoms with E-state index in [0.29, 0.717) is 0 Å². The lowest BCUT2D eigenvalue weighted by Crippen LogP contribution is -2.02. The molecule has 0 fully saturated rings. The summed E-state index contributed by atoms with van der Waals surface area (Å²) >= 11 is 0. The molecule has 0 aromatic heterocycles. The van der Waals surface area contributed by atoms with Crippen molar-refractivity contribution in [3.63, 3.8) is 0 Å². The van der Waals surface area contributed by atoms with Gasteiger partial charge >= 0.3 is 6.54 Å². The van der Waals surface area contributed by atoms with Gasteiger partial charge in [0.2, 0.25) is 6.20 Å². The van der Waals surface area contributed by atoms with Crippen LogP contribution in [-0.4, -0.2) is 4.76 Å². The second kappa shape index (κ2) is 2.31. The number of fused-ring (bicyclic) bond motifs is 1. The first-order valence-corrected chi connectivity index (χ1v) is 3.44. The van der Waals surface area contributed by atoms with Crippen molar-refractivity contribution >= 4 is 6.08 Å². The van der Waals surface area contributed by atoms with Crippen LogP contribution >= 0.6 is 0 Å². The Morgan fingerprint density at radius 3 is 2.64 bits per heavy atom. The van der Waals surface area contributed by atoms with Crippen LogP contribution in [-0.2, 0) is 0 Å². The van der Waals surface area contributed by atoms with Crippen LogP contribution in [0.25, 0.3) is 6.08 Å². The van der Waals surface area contributed by atoms with Crippen LogP contribution in [0.4, 0.5) is 0 Å². The minimum atomic E-state index is 0.808. The first kappa shape index (κ1) is 6.28. The molecule has 0 saturated carbocycles. The highest BCUT2D eigenvalue weighted by atomic mass is 16.3. The molecule has 2 heteroatoms. The smallest absolute Gasteiger partial charge is 0.0617 e. The third-order valence-corrected chi connectivity index (χ3v) is 1.66.